The molecule has 1 atom stereocenters. The van der Waals surface area contributed by atoms with Crippen LogP contribution in [0.5, 0.6) is 5.75 Å². The van der Waals surface area contributed by atoms with Gasteiger partial charge in [0.25, 0.3) is 0 Å². The Morgan fingerprint density at radius 2 is 2.00 bits per heavy atom. The molecule has 0 aliphatic heterocycles. The molecule has 0 aliphatic carbocycles. The minimum absolute atomic E-state index is 0.321. The van der Waals surface area contributed by atoms with Gasteiger partial charge in [-0.1, -0.05) is 12.1 Å². The van der Waals surface area contributed by atoms with Crippen molar-refractivity contribution in [3.8, 4) is 5.75 Å². The molecule has 0 aliphatic rings. The molecule has 1 heterocycles. The summed E-state index contributed by atoms with van der Waals surface area (Å²) in [5, 5.41) is 14.8. The van der Waals surface area contributed by atoms with E-state index < -0.39 is 0 Å². The van der Waals surface area contributed by atoms with Crippen LogP contribution >= 0.6 is 27.3 Å². The summed E-state index contributed by atoms with van der Waals surface area (Å²) < 4.78 is 1.18. The summed E-state index contributed by atoms with van der Waals surface area (Å²) in [6.07, 6.45) is 0.962. The first-order valence-electron chi connectivity index (χ1n) is 5.88. The highest BCUT2D eigenvalue weighted by Crippen LogP contribution is 2.22. The zero-order valence-electron chi connectivity index (χ0n) is 10.2. The first kappa shape index (κ1) is 13.6. The molecule has 1 aromatic heterocycles. The molecule has 0 saturated carbocycles. The fourth-order valence-corrected chi connectivity index (χ4v) is 3.22. The molecule has 0 spiro atoms. The second-order valence-corrected chi connectivity index (χ2v) is 6.20. The molecule has 2 N–H and O–H groups in total. The summed E-state index contributed by atoms with van der Waals surface area (Å²) in [6, 6.07) is 9.88. The first-order valence-corrected chi connectivity index (χ1v) is 7.55. The number of halogens is 1. The van der Waals surface area contributed by atoms with E-state index in [1.807, 2.05) is 12.1 Å². The number of nitrogens with one attached hydrogen (secondary N) is 1. The van der Waals surface area contributed by atoms with E-state index in [0.717, 1.165) is 13.0 Å². The van der Waals surface area contributed by atoms with Gasteiger partial charge >= 0.3 is 0 Å². The first-order chi connectivity index (χ1) is 8.65. The summed E-state index contributed by atoms with van der Waals surface area (Å²) in [6.45, 7) is 3.06. The molecule has 2 aromatic rings. The lowest BCUT2D eigenvalue weighted by Crippen LogP contribution is -2.27. The number of aromatic hydroxyl groups is 1. The Bertz CT molecular complexity index is 495. The van der Waals surface area contributed by atoms with E-state index in [9.17, 15) is 5.11 Å². The van der Waals surface area contributed by atoms with Crippen molar-refractivity contribution in [2.45, 2.75) is 25.9 Å². The fraction of sp³-hybridized carbons (Fsp3) is 0.286. The van der Waals surface area contributed by atoms with Crippen LogP contribution in [0.3, 0.4) is 0 Å². The Morgan fingerprint density at radius 1 is 1.28 bits per heavy atom. The van der Waals surface area contributed by atoms with Gasteiger partial charge in [0.1, 0.15) is 5.75 Å². The number of thiophene rings is 1. The summed E-state index contributed by atoms with van der Waals surface area (Å²) in [7, 11) is 0. The van der Waals surface area contributed by atoms with E-state index in [-0.39, 0.29) is 0 Å². The molecule has 0 bridgehead atoms. The van der Waals surface area contributed by atoms with Gasteiger partial charge in [0.15, 0.2) is 0 Å². The zero-order valence-corrected chi connectivity index (χ0v) is 12.6. The molecule has 0 amide bonds. The summed E-state index contributed by atoms with van der Waals surface area (Å²) in [4.78, 5) is 1.33. The lowest BCUT2D eigenvalue weighted by Gasteiger charge is -2.13. The van der Waals surface area contributed by atoms with Crippen LogP contribution in [0.2, 0.25) is 0 Å². The summed E-state index contributed by atoms with van der Waals surface area (Å²) in [5.74, 6) is 0.321. The maximum Gasteiger partial charge on any atom is 0.115 e. The highest BCUT2D eigenvalue weighted by molar-refractivity contribution is 9.10. The number of benzene rings is 1. The number of rotatable bonds is 5. The molecule has 0 fully saturated rings. The number of phenolic OH excluding ortho intramolecular Hbond substituents is 1. The van der Waals surface area contributed by atoms with Crippen LogP contribution in [0, 0.1) is 0 Å². The zero-order chi connectivity index (χ0) is 13.0. The Hall–Kier alpha value is -0.840. The highest BCUT2D eigenvalue weighted by Gasteiger charge is 2.06. The quantitative estimate of drug-likeness (QED) is 0.872. The topological polar surface area (TPSA) is 32.3 Å². The Balaban J connectivity index is 1.83. The van der Waals surface area contributed by atoms with Crippen molar-refractivity contribution in [3.63, 3.8) is 0 Å². The van der Waals surface area contributed by atoms with Crippen LogP contribution in [-0.4, -0.2) is 11.1 Å². The number of phenols is 1. The average molecular weight is 326 g/mol. The monoisotopic (exact) mass is 325 g/mol. The second-order valence-electron chi connectivity index (χ2n) is 4.34. The van der Waals surface area contributed by atoms with Gasteiger partial charge in [0.2, 0.25) is 0 Å². The van der Waals surface area contributed by atoms with Crippen molar-refractivity contribution in [1.29, 1.82) is 0 Å². The summed E-state index contributed by atoms with van der Waals surface area (Å²) >= 11 is 5.29. The van der Waals surface area contributed by atoms with Gasteiger partial charge in [-0.05, 0) is 58.4 Å². The molecule has 1 aromatic carbocycles. The predicted octanol–water partition coefficient (Wildman–Crippen LogP) is 3.94. The van der Waals surface area contributed by atoms with E-state index in [1.165, 1.54) is 14.9 Å². The third kappa shape index (κ3) is 3.83. The van der Waals surface area contributed by atoms with Crippen molar-refractivity contribution in [2.24, 2.45) is 0 Å². The predicted molar refractivity (Wildman–Crippen MR) is 80.1 cm³/mol. The van der Waals surface area contributed by atoms with Crippen LogP contribution in [0.4, 0.5) is 0 Å². The van der Waals surface area contributed by atoms with Crippen LogP contribution in [-0.2, 0) is 13.0 Å². The lowest BCUT2D eigenvalue weighted by molar-refractivity contribution is 0.474. The van der Waals surface area contributed by atoms with Gasteiger partial charge in [0, 0.05) is 21.9 Å². The van der Waals surface area contributed by atoms with Crippen LogP contribution in [0.15, 0.2) is 40.2 Å². The molecule has 4 heteroatoms. The van der Waals surface area contributed by atoms with Crippen molar-refractivity contribution >= 4 is 27.3 Å². The third-order valence-corrected chi connectivity index (χ3v) is 4.71. The number of hydrogen-bond acceptors (Lipinski definition) is 3. The SMILES string of the molecule is CC(Cc1ccc(O)cc1)NCc1sccc1Br. The van der Waals surface area contributed by atoms with Crippen LogP contribution in [0.1, 0.15) is 17.4 Å². The van der Waals surface area contributed by atoms with E-state index in [4.69, 9.17) is 0 Å². The van der Waals surface area contributed by atoms with E-state index in [0.29, 0.717) is 11.8 Å². The van der Waals surface area contributed by atoms with Gasteiger partial charge in [-0.15, -0.1) is 11.3 Å². The maximum atomic E-state index is 9.23. The minimum Gasteiger partial charge on any atom is -0.508 e. The normalized spacial score (nSPS) is 12.6. The minimum atomic E-state index is 0.321. The molecular weight excluding hydrogens is 310 g/mol. The Morgan fingerprint density at radius 3 is 2.61 bits per heavy atom. The largest absolute Gasteiger partial charge is 0.508 e. The average Bonchev–Trinajstić information content (AvgIpc) is 2.75. The second kappa shape index (κ2) is 6.36. The summed E-state index contributed by atoms with van der Waals surface area (Å²) in [5.41, 5.74) is 1.23. The highest BCUT2D eigenvalue weighted by atomic mass is 79.9. The Kier molecular flexibility index (Phi) is 4.80. The van der Waals surface area contributed by atoms with E-state index in [2.05, 4.69) is 39.6 Å². The van der Waals surface area contributed by atoms with Crippen molar-refractivity contribution < 1.29 is 5.11 Å². The van der Waals surface area contributed by atoms with Gasteiger partial charge in [-0.25, -0.2) is 0 Å². The molecule has 96 valence electrons. The molecule has 1 unspecified atom stereocenters. The molecule has 18 heavy (non-hydrogen) atoms. The van der Waals surface area contributed by atoms with E-state index >= 15 is 0 Å². The van der Waals surface area contributed by atoms with Crippen molar-refractivity contribution in [3.05, 3.63) is 50.6 Å². The third-order valence-electron chi connectivity index (χ3n) is 2.78. The smallest absolute Gasteiger partial charge is 0.115 e. The van der Waals surface area contributed by atoms with E-state index in [1.54, 1.807) is 23.5 Å². The molecular formula is C14H16BrNOS. The molecule has 2 rings (SSSR count). The van der Waals surface area contributed by atoms with Crippen LogP contribution < -0.4 is 5.32 Å². The lowest BCUT2D eigenvalue weighted by atomic mass is 10.1. The molecule has 0 radical (unpaired) electrons. The van der Waals surface area contributed by atoms with Crippen molar-refractivity contribution in [2.75, 3.05) is 0 Å². The Labute approximate surface area is 120 Å². The maximum absolute atomic E-state index is 9.23. The fourth-order valence-electron chi connectivity index (χ4n) is 1.78. The standard InChI is InChI=1S/C14H16BrNOS/c1-10(8-11-2-4-12(17)5-3-11)16-9-14-13(15)6-7-18-14/h2-7,10,16-17H,8-9H2,1H3. The molecule has 2 nitrogen and oxygen atoms in total. The van der Waals surface area contributed by atoms with Gasteiger partial charge in [0.05, 0.1) is 0 Å². The van der Waals surface area contributed by atoms with Crippen LogP contribution in [0.25, 0.3) is 0 Å². The van der Waals surface area contributed by atoms with Crippen molar-refractivity contribution in [1.82, 2.24) is 5.32 Å². The molecule has 0 saturated heterocycles. The van der Waals surface area contributed by atoms with Gasteiger partial charge in [-0.2, -0.15) is 0 Å². The number of hydrogen-bond donors (Lipinski definition) is 2. The van der Waals surface area contributed by atoms with Gasteiger partial charge in [-0.3, -0.25) is 0 Å². The van der Waals surface area contributed by atoms with Gasteiger partial charge < -0.3 is 10.4 Å².